The Balaban J connectivity index is 3.94. The maximum absolute atomic E-state index is 13.0. The largest absolute Gasteiger partial charge is 0.480 e. The average molecular weight is 889 g/mol. The van der Waals surface area contributed by atoms with Crippen LogP contribution >= 0.6 is 11.8 Å². The molecule has 0 aliphatic rings. The van der Waals surface area contributed by atoms with E-state index >= 15 is 0 Å². The van der Waals surface area contributed by atoms with Crippen LogP contribution in [-0.4, -0.2) is 123 Å². The summed E-state index contributed by atoms with van der Waals surface area (Å²) in [5.41, 5.74) is -0.634. The first-order valence-electron chi connectivity index (χ1n) is 23.0. The van der Waals surface area contributed by atoms with Gasteiger partial charge in [0.05, 0.1) is 32.3 Å². The van der Waals surface area contributed by atoms with Crippen molar-refractivity contribution in [2.45, 2.75) is 163 Å². The number of hydrogen-bond donors (Lipinski definition) is 3. The SMILES string of the molecule is CC(C)C(C)CC(=O)CCCCCCCSCCCCCC(=O)CCCC(CCC(=O)NCCCOCCOCCOCCCNC(=O)COCC(=O)O)C(=O)OC(C)(C)C. The zero-order chi connectivity index (χ0) is 45.6. The lowest BCUT2D eigenvalue weighted by Crippen LogP contribution is -2.30. The molecule has 0 spiro atoms. The summed E-state index contributed by atoms with van der Waals surface area (Å²) >= 11 is 1.99. The Bertz CT molecular complexity index is 1180. The van der Waals surface area contributed by atoms with Crippen molar-refractivity contribution in [2.75, 3.05) is 77.5 Å². The van der Waals surface area contributed by atoms with E-state index in [4.69, 9.17) is 28.8 Å². The van der Waals surface area contributed by atoms with Gasteiger partial charge < -0.3 is 39.4 Å². The van der Waals surface area contributed by atoms with E-state index in [1.54, 1.807) is 0 Å². The average Bonchev–Trinajstić information content (AvgIpc) is 3.18. The van der Waals surface area contributed by atoms with Crippen molar-refractivity contribution < 1.29 is 57.6 Å². The molecular formula is C46H84N2O12S. The second kappa shape index (κ2) is 39.0. The highest BCUT2D eigenvalue weighted by atomic mass is 32.2. The topological polar surface area (TPSA) is 193 Å². The van der Waals surface area contributed by atoms with Crippen LogP contribution in [0.5, 0.6) is 0 Å². The van der Waals surface area contributed by atoms with Gasteiger partial charge in [-0.2, -0.15) is 11.8 Å². The van der Waals surface area contributed by atoms with Crippen LogP contribution in [0.3, 0.4) is 0 Å². The first-order valence-corrected chi connectivity index (χ1v) is 24.2. The number of rotatable bonds is 43. The van der Waals surface area contributed by atoms with Crippen molar-refractivity contribution in [3.63, 3.8) is 0 Å². The van der Waals surface area contributed by atoms with Crippen molar-refractivity contribution in [3.05, 3.63) is 0 Å². The fourth-order valence-corrected chi connectivity index (χ4v) is 7.04. The third-order valence-electron chi connectivity index (χ3n) is 9.92. The van der Waals surface area contributed by atoms with Crippen LogP contribution in [0.25, 0.3) is 0 Å². The van der Waals surface area contributed by atoms with Gasteiger partial charge >= 0.3 is 11.9 Å². The molecule has 0 radical (unpaired) electrons. The number of aliphatic carboxylic acids is 1. The molecule has 0 aliphatic carbocycles. The van der Waals surface area contributed by atoms with E-state index in [1.165, 1.54) is 25.0 Å². The number of unbranched alkanes of at least 4 members (excludes halogenated alkanes) is 6. The van der Waals surface area contributed by atoms with Crippen molar-refractivity contribution >= 4 is 47.1 Å². The zero-order valence-electron chi connectivity index (χ0n) is 38.8. The maximum Gasteiger partial charge on any atom is 0.329 e. The third kappa shape index (κ3) is 41.2. The van der Waals surface area contributed by atoms with E-state index in [2.05, 4.69) is 31.4 Å². The van der Waals surface area contributed by atoms with Crippen LogP contribution < -0.4 is 10.6 Å². The van der Waals surface area contributed by atoms with Crippen molar-refractivity contribution in [2.24, 2.45) is 17.8 Å². The van der Waals surface area contributed by atoms with Gasteiger partial charge in [-0.3, -0.25) is 24.0 Å². The Morgan fingerprint density at radius 3 is 1.64 bits per heavy atom. The molecule has 0 saturated heterocycles. The van der Waals surface area contributed by atoms with Crippen LogP contribution in [0.4, 0.5) is 0 Å². The molecule has 0 aromatic rings. The highest BCUT2D eigenvalue weighted by Gasteiger charge is 2.26. The van der Waals surface area contributed by atoms with Gasteiger partial charge in [0, 0.05) is 58.4 Å². The zero-order valence-corrected chi connectivity index (χ0v) is 39.6. The van der Waals surface area contributed by atoms with Crippen molar-refractivity contribution in [3.8, 4) is 0 Å². The predicted octanol–water partition coefficient (Wildman–Crippen LogP) is 7.51. The Hall–Kier alpha value is -2.59. The number of carbonyl (C=O) groups excluding carboxylic acids is 5. The lowest BCUT2D eigenvalue weighted by atomic mass is 9.91. The van der Waals surface area contributed by atoms with E-state index < -0.39 is 24.1 Å². The summed E-state index contributed by atoms with van der Waals surface area (Å²) in [5, 5.41) is 14.0. The molecular weight excluding hydrogens is 805 g/mol. The highest BCUT2D eigenvalue weighted by Crippen LogP contribution is 2.22. The Kier molecular flexibility index (Phi) is 37.4. The quantitative estimate of drug-likeness (QED) is 0.0403. The number of nitrogens with one attached hydrogen (secondary N) is 2. The molecule has 14 nitrogen and oxygen atoms in total. The number of ketones is 2. The number of amides is 2. The number of thioether (sulfide) groups is 1. The predicted molar refractivity (Wildman–Crippen MR) is 241 cm³/mol. The minimum Gasteiger partial charge on any atom is -0.480 e. The third-order valence-corrected chi connectivity index (χ3v) is 11.1. The van der Waals surface area contributed by atoms with Gasteiger partial charge in [0.15, 0.2) is 0 Å². The summed E-state index contributed by atoms with van der Waals surface area (Å²) < 4.78 is 26.8. The maximum atomic E-state index is 13.0. The molecule has 2 unspecified atom stereocenters. The lowest BCUT2D eigenvalue weighted by molar-refractivity contribution is -0.160. The highest BCUT2D eigenvalue weighted by molar-refractivity contribution is 7.99. The summed E-state index contributed by atoms with van der Waals surface area (Å²) in [6, 6.07) is 0. The van der Waals surface area contributed by atoms with Crippen molar-refractivity contribution in [1.82, 2.24) is 10.6 Å². The first-order chi connectivity index (χ1) is 29.1. The lowest BCUT2D eigenvalue weighted by Gasteiger charge is -2.24. The molecule has 0 fully saturated rings. The number of hydrogen-bond acceptors (Lipinski definition) is 12. The van der Waals surface area contributed by atoms with E-state index in [-0.39, 0.29) is 36.6 Å². The van der Waals surface area contributed by atoms with Gasteiger partial charge in [0.1, 0.15) is 30.4 Å². The smallest absolute Gasteiger partial charge is 0.329 e. The van der Waals surface area contributed by atoms with Crippen LogP contribution in [0.1, 0.15) is 157 Å². The van der Waals surface area contributed by atoms with E-state index in [0.717, 1.165) is 50.7 Å². The molecule has 0 aromatic heterocycles. The Morgan fingerprint density at radius 1 is 0.557 bits per heavy atom. The van der Waals surface area contributed by atoms with Gasteiger partial charge in [-0.05, 0) is 102 Å². The van der Waals surface area contributed by atoms with Crippen LogP contribution in [-0.2, 0) is 52.5 Å². The van der Waals surface area contributed by atoms with Gasteiger partial charge in [0.2, 0.25) is 11.8 Å². The van der Waals surface area contributed by atoms with E-state index in [9.17, 15) is 28.8 Å². The van der Waals surface area contributed by atoms with Crippen LogP contribution in [0, 0.1) is 17.8 Å². The standard InChI is InChI=1S/C46H84N2O12S/c1-37(2)38(3)34-41(50)20-11-8-7-9-13-32-61-33-14-10-12-19-40(49)21-15-18-39(45(55)60-46(4,5)6)22-23-42(51)47-24-16-26-56-28-30-58-31-29-57-27-17-25-48-43(52)35-59-36-44(53)54/h37-39H,7-36H2,1-6H3,(H,47,51)(H,48,52)(H,53,54). The molecule has 0 heterocycles. The second-order valence-electron chi connectivity index (χ2n) is 17.2. The number of carboxylic acids is 1. The molecule has 0 rings (SSSR count). The molecule has 61 heavy (non-hydrogen) atoms. The molecule has 3 N–H and O–H groups in total. The normalized spacial score (nSPS) is 12.6. The molecule has 2 atom stereocenters. The first kappa shape index (κ1) is 58.4. The minimum absolute atomic E-state index is 0.134. The summed E-state index contributed by atoms with van der Waals surface area (Å²) in [5.74, 6) is 1.57. The number of carboxylic acid groups (broad SMARTS) is 1. The summed E-state index contributed by atoms with van der Waals surface area (Å²) in [6.07, 6.45) is 14.2. The Labute approximate surface area is 372 Å². The van der Waals surface area contributed by atoms with Gasteiger partial charge in [-0.15, -0.1) is 0 Å². The fraction of sp³-hybridized carbons (Fsp3) is 0.870. The van der Waals surface area contributed by atoms with Crippen molar-refractivity contribution in [1.29, 1.82) is 0 Å². The number of esters is 1. The Morgan fingerprint density at radius 2 is 1.07 bits per heavy atom. The van der Waals surface area contributed by atoms with Gasteiger partial charge in [-0.1, -0.05) is 46.5 Å². The van der Waals surface area contributed by atoms with Gasteiger partial charge in [-0.25, -0.2) is 4.79 Å². The summed E-state index contributed by atoms with van der Waals surface area (Å²) in [7, 11) is 0. The molecule has 15 heteroatoms. The second-order valence-corrected chi connectivity index (χ2v) is 18.5. The van der Waals surface area contributed by atoms with Crippen LogP contribution in [0.2, 0.25) is 0 Å². The number of Topliss-reactive ketones (excluding diaryl/α,β-unsaturated/α-hetero) is 2. The van der Waals surface area contributed by atoms with Gasteiger partial charge in [0.25, 0.3) is 0 Å². The summed E-state index contributed by atoms with van der Waals surface area (Å²) in [6.45, 7) is 14.6. The molecule has 0 aromatic carbocycles. The fourth-order valence-electron chi connectivity index (χ4n) is 6.02. The van der Waals surface area contributed by atoms with E-state index in [0.29, 0.717) is 115 Å². The minimum atomic E-state index is -1.13. The summed E-state index contributed by atoms with van der Waals surface area (Å²) in [4.78, 5) is 72.0. The molecule has 0 saturated carbocycles. The number of ether oxygens (including phenoxy) is 5. The molecule has 356 valence electrons. The van der Waals surface area contributed by atoms with E-state index in [1.807, 2.05) is 32.5 Å². The monoisotopic (exact) mass is 889 g/mol. The number of carbonyl (C=O) groups is 6. The molecule has 0 aliphatic heterocycles. The molecule has 2 amide bonds. The molecule has 0 bridgehead atoms. The van der Waals surface area contributed by atoms with Crippen LogP contribution in [0.15, 0.2) is 0 Å².